The largest absolute Gasteiger partial charge is 0.465 e. The predicted molar refractivity (Wildman–Crippen MR) is 74.5 cm³/mol. The van der Waals surface area contributed by atoms with Gasteiger partial charge in [0.05, 0.1) is 12.7 Å². The highest BCUT2D eigenvalue weighted by Gasteiger charge is 2.24. The number of nitrogens with zero attached hydrogens (tertiary/aromatic N) is 1. The fourth-order valence-corrected chi connectivity index (χ4v) is 2.88. The molecule has 3 nitrogen and oxygen atoms in total. The summed E-state index contributed by atoms with van der Waals surface area (Å²) in [7, 11) is 1.42. The maximum absolute atomic E-state index is 11.8. The first-order valence-corrected chi connectivity index (χ1v) is 6.65. The van der Waals surface area contributed by atoms with E-state index in [1.807, 2.05) is 30.3 Å². The Hall–Kier alpha value is -1.74. The summed E-state index contributed by atoms with van der Waals surface area (Å²) in [5.41, 5.74) is 3.82. The molecule has 0 radical (unpaired) electrons. The van der Waals surface area contributed by atoms with Crippen LogP contribution in [-0.4, -0.2) is 17.6 Å². The van der Waals surface area contributed by atoms with Crippen molar-refractivity contribution >= 4 is 17.6 Å². The van der Waals surface area contributed by atoms with Gasteiger partial charge in [-0.3, -0.25) is 0 Å². The number of hydrogen-bond donors (Lipinski definition) is 0. The molecule has 0 atom stereocenters. The molecule has 0 saturated carbocycles. The van der Waals surface area contributed by atoms with E-state index in [-0.39, 0.29) is 5.97 Å². The van der Waals surface area contributed by atoms with Gasteiger partial charge in [-0.25, -0.2) is 4.79 Å². The van der Waals surface area contributed by atoms with Gasteiger partial charge in [0.25, 0.3) is 0 Å². The minimum absolute atomic E-state index is 0.265. The van der Waals surface area contributed by atoms with E-state index in [9.17, 15) is 4.79 Å². The second kappa shape index (κ2) is 4.74. The van der Waals surface area contributed by atoms with Crippen LogP contribution in [0.3, 0.4) is 0 Å². The third-order valence-electron chi connectivity index (χ3n) is 3.53. The fraction of sp³-hybridized carbons (Fsp3) is 0.267. The number of methoxy groups -OCH3 is 1. The third kappa shape index (κ3) is 2.04. The van der Waals surface area contributed by atoms with E-state index < -0.39 is 0 Å². The third-order valence-corrected chi connectivity index (χ3v) is 3.76. The standard InChI is InChI=1S/C15H14ClNO2/c1-19-15(18)12-9-14(17-7-3-6-13(12)17)10-4-2-5-11(16)8-10/h2,4-5,8-9H,3,6-7H2,1H3. The van der Waals surface area contributed by atoms with Crippen LogP contribution in [0.1, 0.15) is 22.5 Å². The van der Waals surface area contributed by atoms with Crippen molar-refractivity contribution < 1.29 is 9.53 Å². The number of benzene rings is 1. The van der Waals surface area contributed by atoms with Crippen LogP contribution in [0.5, 0.6) is 0 Å². The van der Waals surface area contributed by atoms with E-state index in [0.29, 0.717) is 10.6 Å². The molecule has 98 valence electrons. The zero-order chi connectivity index (χ0) is 13.4. The second-order valence-corrected chi connectivity index (χ2v) is 5.08. The smallest absolute Gasteiger partial charge is 0.339 e. The summed E-state index contributed by atoms with van der Waals surface area (Å²) in [6, 6.07) is 9.61. The summed E-state index contributed by atoms with van der Waals surface area (Å²) < 4.78 is 7.05. The highest BCUT2D eigenvalue weighted by atomic mass is 35.5. The molecule has 0 fully saturated rings. The van der Waals surface area contributed by atoms with Crippen molar-refractivity contribution in [3.05, 3.63) is 46.6 Å². The molecule has 1 aromatic carbocycles. The number of hydrogen-bond acceptors (Lipinski definition) is 2. The van der Waals surface area contributed by atoms with Gasteiger partial charge in [-0.1, -0.05) is 23.7 Å². The van der Waals surface area contributed by atoms with Gasteiger partial charge in [-0.2, -0.15) is 0 Å². The van der Waals surface area contributed by atoms with Crippen LogP contribution in [-0.2, 0) is 17.7 Å². The van der Waals surface area contributed by atoms with Crippen LogP contribution in [0.2, 0.25) is 5.02 Å². The lowest BCUT2D eigenvalue weighted by molar-refractivity contribution is 0.0599. The van der Waals surface area contributed by atoms with Gasteiger partial charge < -0.3 is 9.30 Å². The van der Waals surface area contributed by atoms with Crippen molar-refractivity contribution in [3.63, 3.8) is 0 Å². The SMILES string of the molecule is COC(=O)c1cc(-c2cccc(Cl)c2)n2c1CCC2. The molecule has 2 heterocycles. The minimum Gasteiger partial charge on any atom is -0.465 e. The van der Waals surface area contributed by atoms with Crippen LogP contribution in [0.25, 0.3) is 11.3 Å². The number of carbonyl (C=O) groups is 1. The summed E-state index contributed by atoms with van der Waals surface area (Å²) in [4.78, 5) is 11.8. The Labute approximate surface area is 116 Å². The zero-order valence-corrected chi connectivity index (χ0v) is 11.4. The lowest BCUT2D eigenvalue weighted by Crippen LogP contribution is -2.03. The molecule has 19 heavy (non-hydrogen) atoms. The molecular formula is C15H14ClNO2. The highest BCUT2D eigenvalue weighted by molar-refractivity contribution is 6.30. The van der Waals surface area contributed by atoms with Gasteiger partial charge >= 0.3 is 5.97 Å². The fourth-order valence-electron chi connectivity index (χ4n) is 2.69. The topological polar surface area (TPSA) is 31.2 Å². The Balaban J connectivity index is 2.15. The molecular weight excluding hydrogens is 262 g/mol. The van der Waals surface area contributed by atoms with E-state index >= 15 is 0 Å². The van der Waals surface area contributed by atoms with Crippen LogP contribution in [0.4, 0.5) is 0 Å². The summed E-state index contributed by atoms with van der Waals surface area (Å²) >= 11 is 6.04. The molecule has 1 aliphatic rings. The molecule has 0 aliphatic carbocycles. The van der Waals surface area contributed by atoms with E-state index in [1.165, 1.54) is 7.11 Å². The number of fused-ring (bicyclic) bond motifs is 1. The average molecular weight is 276 g/mol. The molecule has 0 N–H and O–H groups in total. The van der Waals surface area contributed by atoms with Crippen molar-refractivity contribution in [2.24, 2.45) is 0 Å². The van der Waals surface area contributed by atoms with Crippen molar-refractivity contribution in [1.29, 1.82) is 0 Å². The van der Waals surface area contributed by atoms with Gasteiger partial charge in [0.15, 0.2) is 0 Å². The molecule has 0 spiro atoms. The van der Waals surface area contributed by atoms with Crippen molar-refractivity contribution in [2.75, 3.05) is 7.11 Å². The van der Waals surface area contributed by atoms with Crippen LogP contribution >= 0.6 is 11.6 Å². The van der Waals surface area contributed by atoms with Crippen LogP contribution in [0, 0.1) is 0 Å². The molecule has 3 rings (SSSR count). The van der Waals surface area contributed by atoms with E-state index in [0.717, 1.165) is 36.3 Å². The van der Waals surface area contributed by atoms with Crippen molar-refractivity contribution in [3.8, 4) is 11.3 Å². The lowest BCUT2D eigenvalue weighted by atomic mass is 10.1. The van der Waals surface area contributed by atoms with Gasteiger partial charge in [-0.05, 0) is 36.6 Å². The summed E-state index contributed by atoms with van der Waals surface area (Å²) in [6.45, 7) is 0.939. The summed E-state index contributed by atoms with van der Waals surface area (Å²) in [5, 5.41) is 0.700. The Bertz CT molecular complexity index is 646. The Morgan fingerprint density at radius 2 is 2.21 bits per heavy atom. The van der Waals surface area contributed by atoms with Gasteiger partial charge in [0.1, 0.15) is 0 Å². The first-order valence-electron chi connectivity index (χ1n) is 6.27. The normalized spacial score (nSPS) is 13.4. The van der Waals surface area contributed by atoms with E-state index in [1.54, 1.807) is 0 Å². The average Bonchev–Trinajstić information content (AvgIpc) is 2.99. The number of aromatic nitrogens is 1. The molecule has 0 bridgehead atoms. The van der Waals surface area contributed by atoms with Gasteiger partial charge in [0, 0.05) is 23.0 Å². The molecule has 0 amide bonds. The monoisotopic (exact) mass is 275 g/mol. The first kappa shape index (κ1) is 12.3. The highest BCUT2D eigenvalue weighted by Crippen LogP contribution is 2.32. The molecule has 1 aliphatic heterocycles. The van der Waals surface area contributed by atoms with Crippen molar-refractivity contribution in [1.82, 2.24) is 4.57 Å². The number of esters is 1. The molecule has 1 aromatic heterocycles. The van der Waals surface area contributed by atoms with Gasteiger partial charge in [0.2, 0.25) is 0 Å². The maximum Gasteiger partial charge on any atom is 0.339 e. The Morgan fingerprint density at radius 3 is 2.95 bits per heavy atom. The van der Waals surface area contributed by atoms with Crippen molar-refractivity contribution in [2.45, 2.75) is 19.4 Å². The lowest BCUT2D eigenvalue weighted by Gasteiger charge is -2.06. The number of halogens is 1. The number of carbonyl (C=O) groups excluding carboxylic acids is 1. The summed E-state index contributed by atoms with van der Waals surface area (Å²) in [6.07, 6.45) is 1.98. The van der Waals surface area contributed by atoms with Crippen LogP contribution in [0.15, 0.2) is 30.3 Å². The predicted octanol–water partition coefficient (Wildman–Crippen LogP) is 3.54. The Morgan fingerprint density at radius 1 is 1.37 bits per heavy atom. The van der Waals surface area contributed by atoms with Gasteiger partial charge in [-0.15, -0.1) is 0 Å². The quantitative estimate of drug-likeness (QED) is 0.785. The Kier molecular flexibility index (Phi) is 3.07. The first-order chi connectivity index (χ1) is 9.20. The molecule has 2 aromatic rings. The van der Waals surface area contributed by atoms with E-state index in [2.05, 4.69) is 4.57 Å². The van der Waals surface area contributed by atoms with Crippen LogP contribution < -0.4 is 0 Å². The number of rotatable bonds is 2. The number of ether oxygens (including phenoxy) is 1. The molecule has 0 saturated heterocycles. The zero-order valence-electron chi connectivity index (χ0n) is 10.6. The van der Waals surface area contributed by atoms with E-state index in [4.69, 9.17) is 16.3 Å². The molecule has 4 heteroatoms. The molecule has 0 unspecified atom stereocenters. The second-order valence-electron chi connectivity index (χ2n) is 4.65. The summed E-state index contributed by atoms with van der Waals surface area (Å²) in [5.74, 6) is -0.265. The maximum atomic E-state index is 11.8. The minimum atomic E-state index is -0.265.